The minimum absolute atomic E-state index is 0.108. The Hall–Kier alpha value is -1.92. The molecule has 0 bridgehead atoms. The van der Waals surface area contributed by atoms with Crippen LogP contribution in [-0.4, -0.2) is 18.4 Å². The van der Waals surface area contributed by atoms with Crippen LogP contribution in [0.2, 0.25) is 5.02 Å². The monoisotopic (exact) mass is 410 g/mol. The molecule has 1 saturated heterocycles. The highest BCUT2D eigenvalue weighted by Crippen LogP contribution is 2.29. The minimum Gasteiger partial charge on any atom is -0.324 e. The molecule has 0 spiro atoms. The summed E-state index contributed by atoms with van der Waals surface area (Å²) in [4.78, 5) is 26.1. The van der Waals surface area contributed by atoms with Crippen molar-refractivity contribution in [2.75, 3.05) is 16.8 Å². The van der Waals surface area contributed by atoms with Crippen LogP contribution in [0.15, 0.2) is 46.9 Å². The minimum atomic E-state index is -0.484. The number of anilines is 2. The van der Waals surface area contributed by atoms with Gasteiger partial charge in [-0.05, 0) is 42.5 Å². The first-order chi connectivity index (χ1) is 11.4. The highest BCUT2D eigenvalue weighted by Gasteiger charge is 2.35. The first-order valence-electron chi connectivity index (χ1n) is 7.26. The van der Waals surface area contributed by atoms with E-state index in [4.69, 9.17) is 11.6 Å². The predicted octanol–water partition coefficient (Wildman–Crippen LogP) is 4.23. The molecule has 0 aliphatic carbocycles. The van der Waals surface area contributed by atoms with Gasteiger partial charge in [-0.1, -0.05) is 27.5 Å². The third-order valence-corrected chi connectivity index (χ3v) is 4.63. The molecular formula is C17H13BrClFN2O2. The molecule has 2 aromatic carbocycles. The number of amides is 2. The van der Waals surface area contributed by atoms with Gasteiger partial charge in [-0.2, -0.15) is 0 Å². The molecule has 3 rings (SSSR count). The lowest BCUT2D eigenvalue weighted by molar-refractivity contribution is -0.122. The molecule has 1 aliphatic rings. The Morgan fingerprint density at radius 2 is 1.96 bits per heavy atom. The van der Waals surface area contributed by atoms with E-state index in [2.05, 4.69) is 21.2 Å². The van der Waals surface area contributed by atoms with Crippen LogP contribution in [0.25, 0.3) is 0 Å². The number of nitrogens with zero attached hydrogens (tertiary/aromatic N) is 1. The predicted molar refractivity (Wildman–Crippen MR) is 94.6 cm³/mol. The van der Waals surface area contributed by atoms with E-state index < -0.39 is 5.92 Å². The highest BCUT2D eigenvalue weighted by molar-refractivity contribution is 9.10. The Balaban J connectivity index is 1.70. The van der Waals surface area contributed by atoms with Crippen molar-refractivity contribution in [3.05, 3.63) is 57.8 Å². The molecule has 7 heteroatoms. The Kier molecular flexibility index (Phi) is 4.87. The molecule has 1 fully saturated rings. The quantitative estimate of drug-likeness (QED) is 0.821. The van der Waals surface area contributed by atoms with Gasteiger partial charge in [0.2, 0.25) is 11.8 Å². The molecule has 1 heterocycles. The fourth-order valence-corrected chi connectivity index (χ4v) is 3.30. The summed E-state index contributed by atoms with van der Waals surface area (Å²) in [6.07, 6.45) is 0.108. The zero-order chi connectivity index (χ0) is 17.3. The van der Waals surface area contributed by atoms with Crippen molar-refractivity contribution in [1.29, 1.82) is 0 Å². The van der Waals surface area contributed by atoms with Gasteiger partial charge in [-0.15, -0.1) is 0 Å². The van der Waals surface area contributed by atoms with Crippen molar-refractivity contribution in [3.63, 3.8) is 0 Å². The van der Waals surface area contributed by atoms with E-state index in [-0.39, 0.29) is 30.6 Å². The summed E-state index contributed by atoms with van der Waals surface area (Å²) in [5, 5.41) is 3.16. The van der Waals surface area contributed by atoms with Crippen LogP contribution in [0.5, 0.6) is 0 Å². The summed E-state index contributed by atoms with van der Waals surface area (Å²) in [6.45, 7) is 0.254. The second-order valence-corrected chi connectivity index (χ2v) is 6.82. The average molecular weight is 412 g/mol. The molecule has 24 heavy (non-hydrogen) atoms. The standard InChI is InChI=1S/C17H13BrClFN2O2/c18-11-1-6-15(14(19)8-11)21-17(24)10-7-16(23)22(9-10)13-4-2-12(20)3-5-13/h1-6,8,10H,7,9H2,(H,21,24)/t10-/m1/s1. The maximum Gasteiger partial charge on any atom is 0.229 e. The van der Waals surface area contributed by atoms with Gasteiger partial charge in [0.1, 0.15) is 5.82 Å². The molecule has 0 radical (unpaired) electrons. The van der Waals surface area contributed by atoms with Gasteiger partial charge in [0, 0.05) is 23.1 Å². The fraction of sp³-hybridized carbons (Fsp3) is 0.176. The van der Waals surface area contributed by atoms with Crippen LogP contribution < -0.4 is 10.2 Å². The zero-order valence-corrected chi connectivity index (χ0v) is 14.8. The van der Waals surface area contributed by atoms with E-state index in [1.807, 2.05) is 0 Å². The number of nitrogens with one attached hydrogen (secondary N) is 1. The topological polar surface area (TPSA) is 49.4 Å². The molecular weight excluding hydrogens is 399 g/mol. The van der Waals surface area contributed by atoms with Gasteiger partial charge >= 0.3 is 0 Å². The molecule has 1 N–H and O–H groups in total. The lowest BCUT2D eigenvalue weighted by atomic mass is 10.1. The number of carbonyl (C=O) groups is 2. The highest BCUT2D eigenvalue weighted by atomic mass is 79.9. The van der Waals surface area contributed by atoms with Crippen LogP contribution in [0.1, 0.15) is 6.42 Å². The largest absolute Gasteiger partial charge is 0.324 e. The first-order valence-corrected chi connectivity index (χ1v) is 8.43. The summed E-state index contributed by atoms with van der Waals surface area (Å²) in [5.74, 6) is -1.28. The SMILES string of the molecule is O=C(Nc1ccc(Br)cc1Cl)[C@@H]1CC(=O)N(c2ccc(F)cc2)C1. The van der Waals surface area contributed by atoms with E-state index in [9.17, 15) is 14.0 Å². The fourth-order valence-electron chi connectivity index (χ4n) is 2.58. The third-order valence-electron chi connectivity index (χ3n) is 3.82. The van der Waals surface area contributed by atoms with Crippen LogP contribution in [0.3, 0.4) is 0 Å². The molecule has 124 valence electrons. The number of hydrogen-bond acceptors (Lipinski definition) is 2. The summed E-state index contributed by atoms with van der Waals surface area (Å²) in [5.41, 5.74) is 1.08. The molecule has 2 amide bonds. The van der Waals surface area contributed by atoms with Gasteiger partial charge in [0.25, 0.3) is 0 Å². The second-order valence-electron chi connectivity index (χ2n) is 5.50. The van der Waals surface area contributed by atoms with Crippen molar-refractivity contribution < 1.29 is 14.0 Å². The first kappa shape index (κ1) is 16.9. The average Bonchev–Trinajstić information content (AvgIpc) is 2.93. The van der Waals surface area contributed by atoms with E-state index >= 15 is 0 Å². The number of rotatable bonds is 3. The zero-order valence-electron chi connectivity index (χ0n) is 12.4. The maximum atomic E-state index is 13.0. The summed E-state index contributed by atoms with van der Waals surface area (Å²) >= 11 is 9.39. The molecule has 0 aromatic heterocycles. The molecule has 2 aromatic rings. The molecule has 1 aliphatic heterocycles. The Morgan fingerprint density at radius 3 is 2.62 bits per heavy atom. The Morgan fingerprint density at radius 1 is 1.25 bits per heavy atom. The molecule has 1 atom stereocenters. The van der Waals surface area contributed by atoms with Gasteiger partial charge in [-0.25, -0.2) is 4.39 Å². The molecule has 0 unspecified atom stereocenters. The van der Waals surface area contributed by atoms with Gasteiger partial charge in [0.15, 0.2) is 0 Å². The summed E-state index contributed by atoms with van der Waals surface area (Å²) in [7, 11) is 0. The number of carbonyl (C=O) groups excluding carboxylic acids is 2. The van der Waals surface area contributed by atoms with Crippen molar-refractivity contribution in [1.82, 2.24) is 0 Å². The van der Waals surface area contributed by atoms with Gasteiger partial charge < -0.3 is 10.2 Å². The van der Waals surface area contributed by atoms with E-state index in [0.717, 1.165) is 4.47 Å². The molecule has 4 nitrogen and oxygen atoms in total. The number of benzene rings is 2. The normalized spacial score (nSPS) is 17.2. The van der Waals surface area contributed by atoms with Crippen LogP contribution in [-0.2, 0) is 9.59 Å². The lowest BCUT2D eigenvalue weighted by Gasteiger charge is -2.17. The lowest BCUT2D eigenvalue weighted by Crippen LogP contribution is -2.28. The van der Waals surface area contributed by atoms with E-state index in [1.54, 1.807) is 18.2 Å². The third kappa shape index (κ3) is 3.60. The summed E-state index contributed by atoms with van der Waals surface area (Å²) < 4.78 is 13.8. The number of hydrogen-bond donors (Lipinski definition) is 1. The van der Waals surface area contributed by atoms with Crippen LogP contribution in [0.4, 0.5) is 15.8 Å². The van der Waals surface area contributed by atoms with E-state index in [0.29, 0.717) is 16.4 Å². The Labute approximate surface area is 151 Å². The molecule has 0 saturated carbocycles. The van der Waals surface area contributed by atoms with Crippen LogP contribution >= 0.6 is 27.5 Å². The van der Waals surface area contributed by atoms with Crippen LogP contribution in [0, 0.1) is 11.7 Å². The smallest absolute Gasteiger partial charge is 0.229 e. The van der Waals surface area contributed by atoms with E-state index in [1.165, 1.54) is 29.2 Å². The summed E-state index contributed by atoms with van der Waals surface area (Å²) in [6, 6.07) is 10.8. The maximum absolute atomic E-state index is 13.0. The van der Waals surface area contributed by atoms with Gasteiger partial charge in [-0.3, -0.25) is 9.59 Å². The second kappa shape index (κ2) is 6.91. The van der Waals surface area contributed by atoms with Crippen molar-refractivity contribution in [2.45, 2.75) is 6.42 Å². The number of halogens is 3. The van der Waals surface area contributed by atoms with Crippen molar-refractivity contribution >= 4 is 50.7 Å². The van der Waals surface area contributed by atoms with Gasteiger partial charge in [0.05, 0.1) is 16.6 Å². The Bertz CT molecular complexity index is 798. The van der Waals surface area contributed by atoms with Crippen molar-refractivity contribution in [2.24, 2.45) is 5.92 Å². The van der Waals surface area contributed by atoms with Crippen molar-refractivity contribution in [3.8, 4) is 0 Å².